The second-order valence-corrected chi connectivity index (χ2v) is 5.10. The Morgan fingerprint density at radius 3 is 2.30 bits per heavy atom. The summed E-state index contributed by atoms with van der Waals surface area (Å²) >= 11 is 0. The maximum Gasteiger partial charge on any atom is 0.305 e. The van der Waals surface area contributed by atoms with E-state index in [1.807, 2.05) is 13.8 Å². The predicted molar refractivity (Wildman–Crippen MR) is 94.3 cm³/mol. The molecular formula is C19H31NO3. The highest BCUT2D eigenvalue weighted by Crippen LogP contribution is 2.07. The van der Waals surface area contributed by atoms with Crippen LogP contribution in [0.25, 0.3) is 0 Å². The van der Waals surface area contributed by atoms with E-state index in [0.29, 0.717) is 32.4 Å². The van der Waals surface area contributed by atoms with E-state index in [9.17, 15) is 9.59 Å². The maximum absolute atomic E-state index is 11.6. The smallest absolute Gasteiger partial charge is 0.305 e. The van der Waals surface area contributed by atoms with Crippen LogP contribution in [0, 0.1) is 6.92 Å². The minimum atomic E-state index is -0.203. The normalized spacial score (nSPS) is 9.57. The van der Waals surface area contributed by atoms with Gasteiger partial charge in [-0.2, -0.15) is 0 Å². The van der Waals surface area contributed by atoms with Crippen LogP contribution in [0.2, 0.25) is 0 Å². The van der Waals surface area contributed by atoms with Gasteiger partial charge in [-0.25, -0.2) is 0 Å². The van der Waals surface area contributed by atoms with Crippen LogP contribution >= 0.6 is 0 Å². The van der Waals surface area contributed by atoms with Gasteiger partial charge in [0.1, 0.15) is 0 Å². The molecule has 1 aromatic carbocycles. The summed E-state index contributed by atoms with van der Waals surface area (Å²) in [5.41, 5.74) is 2.51. The largest absolute Gasteiger partial charge is 0.466 e. The summed E-state index contributed by atoms with van der Waals surface area (Å²) in [6.07, 6.45) is 3.26. The van der Waals surface area contributed by atoms with Crippen LogP contribution in [0.5, 0.6) is 0 Å². The zero-order valence-electron chi connectivity index (χ0n) is 15.0. The lowest BCUT2D eigenvalue weighted by molar-refractivity contribution is -0.143. The quantitative estimate of drug-likeness (QED) is 0.556. The van der Waals surface area contributed by atoms with Gasteiger partial charge in [0, 0.05) is 19.4 Å². The van der Waals surface area contributed by atoms with Crippen molar-refractivity contribution in [3.05, 3.63) is 35.4 Å². The Bertz CT molecular complexity index is 440. The summed E-state index contributed by atoms with van der Waals surface area (Å²) < 4.78 is 4.82. The Morgan fingerprint density at radius 2 is 1.70 bits per heavy atom. The molecule has 1 amide bonds. The van der Waals surface area contributed by atoms with Crippen molar-refractivity contribution < 1.29 is 14.3 Å². The molecule has 0 aliphatic carbocycles. The molecule has 0 aliphatic heterocycles. The minimum Gasteiger partial charge on any atom is -0.466 e. The van der Waals surface area contributed by atoms with Gasteiger partial charge >= 0.3 is 5.97 Å². The van der Waals surface area contributed by atoms with Crippen molar-refractivity contribution in [1.82, 2.24) is 5.32 Å². The SMILES string of the molecule is CC.CCOC(=O)CCCNC(=O)CCCc1ccc(C)cc1. The van der Waals surface area contributed by atoms with Crippen molar-refractivity contribution in [2.75, 3.05) is 13.2 Å². The van der Waals surface area contributed by atoms with Crippen molar-refractivity contribution in [2.24, 2.45) is 0 Å². The second-order valence-electron chi connectivity index (χ2n) is 5.10. The molecule has 0 radical (unpaired) electrons. The van der Waals surface area contributed by atoms with Crippen LogP contribution in [0.3, 0.4) is 0 Å². The Balaban J connectivity index is 0.00000232. The lowest BCUT2D eigenvalue weighted by atomic mass is 10.1. The molecular weight excluding hydrogens is 290 g/mol. The first kappa shape index (κ1) is 21.2. The zero-order valence-corrected chi connectivity index (χ0v) is 15.0. The van der Waals surface area contributed by atoms with Gasteiger partial charge in [-0.1, -0.05) is 43.7 Å². The number of rotatable bonds is 9. The molecule has 0 aliphatic rings. The van der Waals surface area contributed by atoms with E-state index in [-0.39, 0.29) is 11.9 Å². The third-order valence-corrected chi connectivity index (χ3v) is 3.18. The molecule has 0 saturated heterocycles. The number of amides is 1. The third-order valence-electron chi connectivity index (χ3n) is 3.18. The number of aryl methyl sites for hydroxylation is 2. The van der Waals surface area contributed by atoms with Gasteiger partial charge in [0.05, 0.1) is 6.61 Å². The number of hydrogen-bond acceptors (Lipinski definition) is 3. The fourth-order valence-electron chi connectivity index (χ4n) is 1.99. The van der Waals surface area contributed by atoms with Crippen molar-refractivity contribution in [3.63, 3.8) is 0 Å². The van der Waals surface area contributed by atoms with E-state index in [0.717, 1.165) is 12.8 Å². The summed E-state index contributed by atoms with van der Waals surface area (Å²) in [5, 5.41) is 2.83. The number of benzene rings is 1. The van der Waals surface area contributed by atoms with Crippen molar-refractivity contribution in [3.8, 4) is 0 Å². The van der Waals surface area contributed by atoms with Crippen LogP contribution in [0.1, 0.15) is 57.6 Å². The van der Waals surface area contributed by atoms with Crippen LogP contribution in [0.15, 0.2) is 24.3 Å². The number of esters is 1. The number of ether oxygens (including phenoxy) is 1. The minimum absolute atomic E-state index is 0.0472. The number of nitrogens with one attached hydrogen (secondary N) is 1. The van der Waals surface area contributed by atoms with Gasteiger partial charge in [0.15, 0.2) is 0 Å². The molecule has 0 fully saturated rings. The van der Waals surface area contributed by atoms with Crippen molar-refractivity contribution in [1.29, 1.82) is 0 Å². The highest BCUT2D eigenvalue weighted by molar-refractivity contribution is 5.76. The Kier molecular flexibility index (Phi) is 12.7. The molecule has 0 heterocycles. The van der Waals surface area contributed by atoms with Gasteiger partial charge in [-0.3, -0.25) is 9.59 Å². The highest BCUT2D eigenvalue weighted by Gasteiger charge is 2.04. The highest BCUT2D eigenvalue weighted by atomic mass is 16.5. The van der Waals surface area contributed by atoms with Crippen LogP contribution in [0.4, 0.5) is 0 Å². The Morgan fingerprint density at radius 1 is 1.04 bits per heavy atom. The first-order chi connectivity index (χ1) is 11.1. The number of carbonyl (C=O) groups is 2. The molecule has 1 N–H and O–H groups in total. The summed E-state index contributed by atoms with van der Waals surface area (Å²) in [5.74, 6) is -0.155. The molecule has 23 heavy (non-hydrogen) atoms. The van der Waals surface area contributed by atoms with Crippen LogP contribution in [-0.4, -0.2) is 25.0 Å². The van der Waals surface area contributed by atoms with E-state index in [2.05, 4.69) is 36.5 Å². The van der Waals surface area contributed by atoms with E-state index in [1.165, 1.54) is 11.1 Å². The fourth-order valence-corrected chi connectivity index (χ4v) is 1.99. The van der Waals surface area contributed by atoms with E-state index < -0.39 is 0 Å². The van der Waals surface area contributed by atoms with Crippen LogP contribution < -0.4 is 5.32 Å². The standard InChI is InChI=1S/C17H25NO3.C2H6/c1-3-21-17(20)8-5-13-18-16(19)7-4-6-15-11-9-14(2)10-12-15;1-2/h9-12H,3-8,13H2,1-2H3,(H,18,19);1-2H3. The molecule has 0 atom stereocenters. The fraction of sp³-hybridized carbons (Fsp3) is 0.579. The predicted octanol–water partition coefficient (Wildman–Crippen LogP) is 3.80. The third kappa shape index (κ3) is 11.4. The van der Waals surface area contributed by atoms with Gasteiger partial charge in [-0.05, 0) is 38.7 Å². The first-order valence-electron chi connectivity index (χ1n) is 8.59. The average Bonchev–Trinajstić information content (AvgIpc) is 2.56. The van der Waals surface area contributed by atoms with Crippen LogP contribution in [-0.2, 0) is 20.7 Å². The molecule has 4 heteroatoms. The Hall–Kier alpha value is -1.84. The summed E-state index contributed by atoms with van der Waals surface area (Å²) in [7, 11) is 0. The van der Waals surface area contributed by atoms with Gasteiger partial charge < -0.3 is 10.1 Å². The maximum atomic E-state index is 11.6. The van der Waals surface area contributed by atoms with Crippen molar-refractivity contribution in [2.45, 2.75) is 59.8 Å². The lowest BCUT2D eigenvalue weighted by Gasteiger charge is -2.05. The van der Waals surface area contributed by atoms with E-state index in [1.54, 1.807) is 6.92 Å². The summed E-state index contributed by atoms with van der Waals surface area (Å²) in [6, 6.07) is 8.38. The summed E-state index contributed by atoms with van der Waals surface area (Å²) in [6.45, 7) is 8.79. The van der Waals surface area contributed by atoms with E-state index in [4.69, 9.17) is 4.74 Å². The average molecular weight is 321 g/mol. The Labute approximate surface area is 140 Å². The molecule has 0 bridgehead atoms. The van der Waals surface area contributed by atoms with Gasteiger partial charge in [-0.15, -0.1) is 0 Å². The number of carbonyl (C=O) groups excluding carboxylic acids is 2. The molecule has 130 valence electrons. The van der Waals surface area contributed by atoms with E-state index >= 15 is 0 Å². The monoisotopic (exact) mass is 321 g/mol. The van der Waals surface area contributed by atoms with Crippen molar-refractivity contribution >= 4 is 11.9 Å². The summed E-state index contributed by atoms with van der Waals surface area (Å²) in [4.78, 5) is 22.7. The molecule has 0 spiro atoms. The second kappa shape index (κ2) is 13.8. The zero-order chi connectivity index (χ0) is 17.5. The molecule has 4 nitrogen and oxygen atoms in total. The van der Waals surface area contributed by atoms with Gasteiger partial charge in [0.25, 0.3) is 0 Å². The van der Waals surface area contributed by atoms with Gasteiger partial charge in [0.2, 0.25) is 5.91 Å². The topological polar surface area (TPSA) is 55.4 Å². The molecule has 0 saturated carbocycles. The first-order valence-corrected chi connectivity index (χ1v) is 8.59. The molecule has 0 unspecified atom stereocenters. The molecule has 1 rings (SSSR count). The molecule has 1 aromatic rings. The number of hydrogen-bond donors (Lipinski definition) is 1. The lowest BCUT2D eigenvalue weighted by Crippen LogP contribution is -2.24. The molecule has 0 aromatic heterocycles.